The summed E-state index contributed by atoms with van der Waals surface area (Å²) in [4.78, 5) is 20.4. The molecule has 0 aliphatic rings. The minimum absolute atomic E-state index is 0.612. The lowest BCUT2D eigenvalue weighted by Gasteiger charge is -2.10. The molecule has 11 aromatic rings. The van der Waals surface area contributed by atoms with Gasteiger partial charge in [-0.3, -0.25) is 4.57 Å². The molecule has 0 amide bonds. The van der Waals surface area contributed by atoms with E-state index in [9.17, 15) is 0 Å². The highest BCUT2D eigenvalue weighted by molar-refractivity contribution is 7.26. The summed E-state index contributed by atoms with van der Waals surface area (Å²) in [7, 11) is 0. The maximum Gasteiger partial charge on any atom is 0.165 e. The molecule has 0 unspecified atom stereocenters. The van der Waals surface area contributed by atoms with Gasteiger partial charge in [-0.05, 0) is 72.8 Å². The van der Waals surface area contributed by atoms with E-state index in [0.29, 0.717) is 17.5 Å². The van der Waals surface area contributed by atoms with Gasteiger partial charge in [-0.25, -0.2) is 19.9 Å². The zero-order chi connectivity index (χ0) is 34.9. The Hall–Kier alpha value is -6.96. The number of furan rings is 1. The number of rotatable bonds is 5. The average Bonchev–Trinajstić information content (AvgIpc) is 3.92. The van der Waals surface area contributed by atoms with Crippen molar-refractivity contribution in [2.45, 2.75) is 0 Å². The van der Waals surface area contributed by atoms with Crippen molar-refractivity contribution < 1.29 is 4.42 Å². The van der Waals surface area contributed by atoms with E-state index in [2.05, 4.69) is 95.6 Å². The molecule has 7 heteroatoms. The first kappa shape index (κ1) is 29.7. The summed E-state index contributed by atoms with van der Waals surface area (Å²) in [6.45, 7) is 0. The van der Waals surface area contributed by atoms with Gasteiger partial charge in [-0.15, -0.1) is 11.3 Å². The van der Waals surface area contributed by atoms with E-state index in [0.717, 1.165) is 76.8 Å². The minimum Gasteiger partial charge on any atom is -0.456 e. The molecule has 0 aliphatic carbocycles. The molecular formula is C46H27N5OS. The van der Waals surface area contributed by atoms with E-state index in [1.807, 2.05) is 72.8 Å². The third-order valence-electron chi connectivity index (χ3n) is 9.87. The van der Waals surface area contributed by atoms with Crippen LogP contribution in [-0.4, -0.2) is 24.5 Å². The van der Waals surface area contributed by atoms with E-state index < -0.39 is 0 Å². The van der Waals surface area contributed by atoms with Gasteiger partial charge in [0.1, 0.15) is 17.0 Å². The van der Waals surface area contributed by atoms with Crippen molar-refractivity contribution in [1.29, 1.82) is 0 Å². The zero-order valence-electron chi connectivity index (χ0n) is 28.1. The fourth-order valence-electron chi connectivity index (χ4n) is 7.38. The van der Waals surface area contributed by atoms with Crippen molar-refractivity contribution in [2.75, 3.05) is 0 Å². The van der Waals surface area contributed by atoms with Gasteiger partial charge in [0.05, 0.1) is 11.0 Å². The van der Waals surface area contributed by atoms with Gasteiger partial charge in [0.25, 0.3) is 0 Å². The lowest BCUT2D eigenvalue weighted by Crippen LogP contribution is -2.00. The average molecular weight is 698 g/mol. The predicted molar refractivity (Wildman–Crippen MR) is 216 cm³/mol. The number of aromatic nitrogens is 5. The standard InChI is InChI=1S/C46H27N5OS/c1-3-12-28(13-4-1)43-48-44(29-22-24-40-35(26-29)32-16-7-10-21-39(32)52-40)50-45(49-43)34-18-11-17-33-36-27-30(23-25-41(36)53-42(33)34)46-47-37-19-8-9-20-38(37)51(46)31-14-5-2-6-15-31/h1-27H. The fraction of sp³-hybridized carbons (Fsp3) is 0. The molecule has 4 aromatic heterocycles. The van der Waals surface area contributed by atoms with Crippen LogP contribution in [0.5, 0.6) is 0 Å². The molecule has 53 heavy (non-hydrogen) atoms. The highest BCUT2D eigenvalue weighted by Gasteiger charge is 2.20. The van der Waals surface area contributed by atoms with Crippen LogP contribution in [0.3, 0.4) is 0 Å². The Bertz CT molecular complexity index is 3180. The molecule has 0 atom stereocenters. The smallest absolute Gasteiger partial charge is 0.165 e. The van der Waals surface area contributed by atoms with E-state index in [1.165, 1.54) is 10.1 Å². The Morgan fingerprint density at radius 1 is 0.453 bits per heavy atom. The Morgan fingerprint density at radius 3 is 2.02 bits per heavy atom. The van der Waals surface area contributed by atoms with Gasteiger partial charge >= 0.3 is 0 Å². The third kappa shape index (κ3) is 4.86. The second kappa shape index (κ2) is 11.8. The second-order valence-electron chi connectivity index (χ2n) is 13.1. The van der Waals surface area contributed by atoms with Crippen LogP contribution in [-0.2, 0) is 0 Å². The van der Waals surface area contributed by atoms with Gasteiger partial charge in [0.2, 0.25) is 0 Å². The number of nitrogens with zero attached hydrogens (tertiary/aromatic N) is 5. The molecule has 4 heterocycles. The number of hydrogen-bond donors (Lipinski definition) is 0. The molecule has 11 rings (SSSR count). The number of para-hydroxylation sites is 4. The quantitative estimate of drug-likeness (QED) is 0.179. The van der Waals surface area contributed by atoms with Crippen molar-refractivity contribution >= 4 is 64.5 Å². The summed E-state index contributed by atoms with van der Waals surface area (Å²) in [6.07, 6.45) is 0. The van der Waals surface area contributed by atoms with Crippen molar-refractivity contribution in [2.24, 2.45) is 0 Å². The highest BCUT2D eigenvalue weighted by Crippen LogP contribution is 2.42. The molecule has 0 saturated carbocycles. The molecule has 248 valence electrons. The van der Waals surface area contributed by atoms with Crippen molar-refractivity contribution in [1.82, 2.24) is 24.5 Å². The van der Waals surface area contributed by atoms with E-state index in [4.69, 9.17) is 24.4 Å². The summed E-state index contributed by atoms with van der Waals surface area (Å²) in [5.41, 5.74) is 8.67. The Kier molecular flexibility index (Phi) is 6.62. The van der Waals surface area contributed by atoms with E-state index in [1.54, 1.807) is 11.3 Å². The monoisotopic (exact) mass is 697 g/mol. The topological polar surface area (TPSA) is 69.6 Å². The Labute approximate surface area is 307 Å². The van der Waals surface area contributed by atoms with Crippen LogP contribution in [0, 0.1) is 0 Å². The van der Waals surface area contributed by atoms with E-state index in [-0.39, 0.29) is 0 Å². The van der Waals surface area contributed by atoms with Gasteiger partial charge in [0.15, 0.2) is 17.5 Å². The minimum atomic E-state index is 0.612. The lowest BCUT2D eigenvalue weighted by atomic mass is 10.1. The molecule has 0 spiro atoms. The van der Waals surface area contributed by atoms with Crippen molar-refractivity contribution in [3.05, 3.63) is 164 Å². The molecular weight excluding hydrogens is 671 g/mol. The van der Waals surface area contributed by atoms with Gasteiger partial charge in [-0.2, -0.15) is 0 Å². The Morgan fingerprint density at radius 2 is 1.13 bits per heavy atom. The summed E-state index contributed by atoms with van der Waals surface area (Å²) in [5, 5.41) is 4.42. The number of hydrogen-bond acceptors (Lipinski definition) is 6. The Balaban J connectivity index is 1.09. The van der Waals surface area contributed by atoms with Crippen LogP contribution in [0.1, 0.15) is 0 Å². The first-order valence-electron chi connectivity index (χ1n) is 17.5. The van der Waals surface area contributed by atoms with Crippen LogP contribution >= 0.6 is 11.3 Å². The maximum atomic E-state index is 6.13. The molecule has 7 aromatic carbocycles. The zero-order valence-corrected chi connectivity index (χ0v) is 29.0. The van der Waals surface area contributed by atoms with Gasteiger partial charge in [0, 0.05) is 58.9 Å². The normalized spacial score (nSPS) is 11.8. The summed E-state index contributed by atoms with van der Waals surface area (Å²) in [5.74, 6) is 2.78. The number of benzene rings is 7. The maximum absolute atomic E-state index is 6.13. The van der Waals surface area contributed by atoms with Crippen LogP contribution in [0.25, 0.3) is 104 Å². The largest absolute Gasteiger partial charge is 0.456 e. The molecule has 0 aliphatic heterocycles. The fourth-order valence-corrected chi connectivity index (χ4v) is 8.57. The molecule has 0 saturated heterocycles. The molecule has 6 nitrogen and oxygen atoms in total. The summed E-state index contributed by atoms with van der Waals surface area (Å²) < 4.78 is 10.7. The third-order valence-corrected chi connectivity index (χ3v) is 11.1. The van der Waals surface area contributed by atoms with E-state index >= 15 is 0 Å². The van der Waals surface area contributed by atoms with Crippen LogP contribution in [0.4, 0.5) is 0 Å². The first-order valence-corrected chi connectivity index (χ1v) is 18.3. The molecule has 0 fully saturated rings. The van der Waals surface area contributed by atoms with Crippen LogP contribution in [0.15, 0.2) is 168 Å². The van der Waals surface area contributed by atoms with Crippen molar-refractivity contribution in [3.8, 4) is 51.2 Å². The van der Waals surface area contributed by atoms with Crippen LogP contribution < -0.4 is 0 Å². The SMILES string of the molecule is c1ccc(-c2nc(-c3ccc4oc5ccccc5c4c3)nc(-c3cccc4c3sc3ccc(-c5nc6ccccc6n5-c5ccccc5)cc34)n2)cc1. The summed E-state index contributed by atoms with van der Waals surface area (Å²) >= 11 is 1.76. The number of fused-ring (bicyclic) bond motifs is 7. The van der Waals surface area contributed by atoms with Crippen molar-refractivity contribution in [3.63, 3.8) is 0 Å². The van der Waals surface area contributed by atoms with Gasteiger partial charge in [-0.1, -0.05) is 91.0 Å². The summed E-state index contributed by atoms with van der Waals surface area (Å²) in [6, 6.07) is 56.2. The lowest BCUT2D eigenvalue weighted by molar-refractivity contribution is 0.669. The van der Waals surface area contributed by atoms with Gasteiger partial charge < -0.3 is 4.42 Å². The second-order valence-corrected chi connectivity index (χ2v) is 14.1. The molecule has 0 radical (unpaired) electrons. The molecule has 0 bridgehead atoms. The number of imidazole rings is 1. The highest BCUT2D eigenvalue weighted by atomic mass is 32.1. The first-order chi connectivity index (χ1) is 26.2. The number of thiophene rings is 1. The molecule has 0 N–H and O–H groups in total. The van der Waals surface area contributed by atoms with Crippen LogP contribution in [0.2, 0.25) is 0 Å². The predicted octanol–water partition coefficient (Wildman–Crippen LogP) is 12.1.